The molecule has 0 fully saturated rings. The van der Waals surface area contributed by atoms with Crippen molar-refractivity contribution in [3.63, 3.8) is 0 Å². The summed E-state index contributed by atoms with van der Waals surface area (Å²) in [5, 5.41) is 9.58. The molecule has 0 saturated carbocycles. The number of nitrogens with zero attached hydrogens (tertiary/aromatic N) is 1. The van der Waals surface area contributed by atoms with Crippen molar-refractivity contribution in [2.75, 3.05) is 13.1 Å². The van der Waals surface area contributed by atoms with E-state index in [9.17, 15) is 4.79 Å². The Bertz CT molecular complexity index is 423. The fourth-order valence-electron chi connectivity index (χ4n) is 1.78. The van der Waals surface area contributed by atoms with Crippen molar-refractivity contribution < 1.29 is 9.90 Å². The summed E-state index contributed by atoms with van der Waals surface area (Å²) in [5.74, 6) is -0.379. The lowest BCUT2D eigenvalue weighted by atomic mass is 10.1. The van der Waals surface area contributed by atoms with Crippen LogP contribution < -0.4 is 0 Å². The Hall–Kier alpha value is -0.580. The fraction of sp³-hybridized carbons (Fsp3) is 0.462. The maximum atomic E-state index is 10.8. The van der Waals surface area contributed by atoms with Crippen molar-refractivity contribution in [1.29, 1.82) is 0 Å². The van der Waals surface area contributed by atoms with E-state index in [-0.39, 0.29) is 6.54 Å². The Morgan fingerprint density at radius 1 is 1.50 bits per heavy atom. The third-order valence-corrected chi connectivity index (χ3v) is 3.36. The molecule has 5 heteroatoms. The zero-order chi connectivity index (χ0) is 13.7. The molecule has 0 radical (unpaired) electrons. The van der Waals surface area contributed by atoms with E-state index in [4.69, 9.17) is 16.7 Å². The molecule has 1 N–H and O–H groups in total. The summed E-state index contributed by atoms with van der Waals surface area (Å²) in [4.78, 5) is 12.8. The summed E-state index contributed by atoms with van der Waals surface area (Å²) in [6, 6.07) is 5.56. The molecule has 0 spiro atoms. The molecule has 0 atom stereocenters. The van der Waals surface area contributed by atoms with Gasteiger partial charge < -0.3 is 5.11 Å². The van der Waals surface area contributed by atoms with Gasteiger partial charge in [-0.05, 0) is 23.6 Å². The smallest absolute Gasteiger partial charge is 0.317 e. The molecule has 1 aromatic rings. The van der Waals surface area contributed by atoms with Gasteiger partial charge in [-0.2, -0.15) is 0 Å². The first kappa shape index (κ1) is 15.5. The van der Waals surface area contributed by atoms with Crippen molar-refractivity contribution in [3.8, 4) is 0 Å². The van der Waals surface area contributed by atoms with Crippen molar-refractivity contribution in [2.24, 2.45) is 5.92 Å². The molecule has 0 aliphatic heterocycles. The topological polar surface area (TPSA) is 40.5 Å². The largest absolute Gasteiger partial charge is 0.480 e. The van der Waals surface area contributed by atoms with E-state index < -0.39 is 5.97 Å². The van der Waals surface area contributed by atoms with Gasteiger partial charge in [-0.1, -0.05) is 47.4 Å². The number of benzene rings is 1. The second-order valence-corrected chi connectivity index (χ2v) is 5.98. The molecule has 0 aliphatic rings. The quantitative estimate of drug-likeness (QED) is 0.863. The predicted octanol–water partition coefficient (Wildman–Crippen LogP) is 3.65. The Balaban J connectivity index is 2.78. The number of carboxylic acid groups (broad SMARTS) is 1. The van der Waals surface area contributed by atoms with Crippen LogP contribution in [0.15, 0.2) is 22.7 Å². The number of carbonyl (C=O) groups is 1. The molecule has 0 amide bonds. The highest BCUT2D eigenvalue weighted by atomic mass is 79.9. The van der Waals surface area contributed by atoms with Crippen LogP contribution in [0.1, 0.15) is 19.4 Å². The normalized spacial score (nSPS) is 11.2. The van der Waals surface area contributed by atoms with Gasteiger partial charge in [-0.3, -0.25) is 9.69 Å². The highest BCUT2D eigenvalue weighted by molar-refractivity contribution is 9.10. The minimum absolute atomic E-state index is 0.0489. The van der Waals surface area contributed by atoms with Crippen molar-refractivity contribution in [2.45, 2.75) is 20.4 Å². The van der Waals surface area contributed by atoms with E-state index in [1.807, 2.05) is 23.1 Å². The fourth-order valence-corrected chi connectivity index (χ4v) is 2.59. The molecule has 0 unspecified atom stereocenters. The average Bonchev–Trinajstić information content (AvgIpc) is 2.20. The predicted molar refractivity (Wildman–Crippen MR) is 76.9 cm³/mol. The van der Waals surface area contributed by atoms with Gasteiger partial charge in [0.1, 0.15) is 0 Å². The Morgan fingerprint density at radius 3 is 2.67 bits per heavy atom. The summed E-state index contributed by atoms with van der Waals surface area (Å²) in [6.07, 6.45) is 0. The van der Waals surface area contributed by atoms with Crippen LogP contribution >= 0.6 is 27.5 Å². The second-order valence-electron chi connectivity index (χ2n) is 4.69. The standard InChI is InChI=1S/C13H17BrClNO2/c1-9(2)6-16(8-13(17)18)7-10-3-4-11(15)5-12(10)14/h3-5,9H,6-8H2,1-2H3,(H,17,18). The molecule has 0 heterocycles. The monoisotopic (exact) mass is 333 g/mol. The van der Waals surface area contributed by atoms with Crippen LogP contribution in [-0.2, 0) is 11.3 Å². The number of aliphatic carboxylic acids is 1. The zero-order valence-corrected chi connectivity index (χ0v) is 12.8. The SMILES string of the molecule is CC(C)CN(CC(=O)O)Cc1ccc(Cl)cc1Br. The molecule has 0 saturated heterocycles. The van der Waals surface area contributed by atoms with Crippen molar-refractivity contribution >= 4 is 33.5 Å². The van der Waals surface area contributed by atoms with E-state index in [1.54, 1.807) is 0 Å². The first-order chi connectivity index (χ1) is 8.38. The molecule has 0 aromatic heterocycles. The van der Waals surface area contributed by atoms with Gasteiger partial charge in [0.25, 0.3) is 0 Å². The van der Waals surface area contributed by atoms with Crippen LogP contribution in [0.4, 0.5) is 0 Å². The van der Waals surface area contributed by atoms with E-state index in [0.29, 0.717) is 17.5 Å². The number of carboxylic acids is 1. The van der Waals surface area contributed by atoms with Gasteiger partial charge in [0, 0.05) is 22.6 Å². The van der Waals surface area contributed by atoms with E-state index in [0.717, 1.165) is 16.6 Å². The van der Waals surface area contributed by atoms with Gasteiger partial charge in [0.15, 0.2) is 0 Å². The van der Waals surface area contributed by atoms with Crippen LogP contribution in [0.3, 0.4) is 0 Å². The zero-order valence-electron chi connectivity index (χ0n) is 10.5. The van der Waals surface area contributed by atoms with E-state index in [2.05, 4.69) is 29.8 Å². The molecule has 0 bridgehead atoms. The maximum absolute atomic E-state index is 10.8. The molecule has 3 nitrogen and oxygen atoms in total. The van der Waals surface area contributed by atoms with Crippen LogP contribution in [0.2, 0.25) is 5.02 Å². The molecular weight excluding hydrogens is 318 g/mol. The van der Waals surface area contributed by atoms with E-state index >= 15 is 0 Å². The molecule has 0 aliphatic carbocycles. The molecule has 18 heavy (non-hydrogen) atoms. The summed E-state index contributed by atoms with van der Waals surface area (Å²) in [5.41, 5.74) is 1.04. The van der Waals surface area contributed by atoms with Crippen LogP contribution in [0.25, 0.3) is 0 Å². The molecule has 100 valence electrons. The number of rotatable bonds is 6. The minimum Gasteiger partial charge on any atom is -0.480 e. The summed E-state index contributed by atoms with van der Waals surface area (Å²) in [6.45, 7) is 5.55. The van der Waals surface area contributed by atoms with Gasteiger partial charge in [0.05, 0.1) is 6.54 Å². The van der Waals surface area contributed by atoms with Gasteiger partial charge in [-0.25, -0.2) is 0 Å². The van der Waals surface area contributed by atoms with E-state index in [1.165, 1.54) is 0 Å². The van der Waals surface area contributed by atoms with Gasteiger partial charge in [0.2, 0.25) is 0 Å². The Kier molecular flexibility index (Phi) is 6.12. The van der Waals surface area contributed by atoms with Gasteiger partial charge >= 0.3 is 5.97 Å². The number of hydrogen-bond acceptors (Lipinski definition) is 2. The maximum Gasteiger partial charge on any atom is 0.317 e. The second kappa shape index (κ2) is 7.12. The first-order valence-electron chi connectivity index (χ1n) is 5.76. The molecule has 1 aromatic carbocycles. The summed E-state index contributed by atoms with van der Waals surface area (Å²) < 4.78 is 0.911. The molecule has 1 rings (SSSR count). The van der Waals surface area contributed by atoms with Crippen molar-refractivity contribution in [1.82, 2.24) is 4.90 Å². The number of hydrogen-bond donors (Lipinski definition) is 1. The van der Waals surface area contributed by atoms with Gasteiger partial charge in [-0.15, -0.1) is 0 Å². The lowest BCUT2D eigenvalue weighted by Crippen LogP contribution is -2.32. The third-order valence-electron chi connectivity index (χ3n) is 2.39. The Morgan fingerprint density at radius 2 is 2.17 bits per heavy atom. The number of halogens is 2. The third kappa shape index (κ3) is 5.38. The highest BCUT2D eigenvalue weighted by Gasteiger charge is 2.13. The van der Waals surface area contributed by atoms with Crippen LogP contribution in [0, 0.1) is 5.92 Å². The van der Waals surface area contributed by atoms with Crippen LogP contribution in [-0.4, -0.2) is 29.1 Å². The average molecular weight is 335 g/mol. The lowest BCUT2D eigenvalue weighted by Gasteiger charge is -2.23. The minimum atomic E-state index is -0.805. The Labute approximate surface area is 121 Å². The lowest BCUT2D eigenvalue weighted by molar-refractivity contribution is -0.138. The van der Waals surface area contributed by atoms with Crippen LogP contribution in [0.5, 0.6) is 0 Å². The van der Waals surface area contributed by atoms with Crippen molar-refractivity contribution in [3.05, 3.63) is 33.3 Å². The summed E-state index contributed by atoms with van der Waals surface area (Å²) in [7, 11) is 0. The first-order valence-corrected chi connectivity index (χ1v) is 6.93. The summed E-state index contributed by atoms with van der Waals surface area (Å²) >= 11 is 9.33. The molecular formula is C13H17BrClNO2. The highest BCUT2D eigenvalue weighted by Crippen LogP contribution is 2.23.